The van der Waals surface area contributed by atoms with E-state index in [1.54, 1.807) is 19.2 Å². The first-order valence-electron chi connectivity index (χ1n) is 12.7. The largest absolute Gasteiger partial charge is 0.471 e. The molecule has 6 unspecified atom stereocenters. The Labute approximate surface area is 216 Å². The Morgan fingerprint density at radius 1 is 1.18 bits per heavy atom. The molecule has 4 fully saturated rings. The van der Waals surface area contributed by atoms with Crippen LogP contribution in [0.3, 0.4) is 0 Å². The van der Waals surface area contributed by atoms with Crippen molar-refractivity contribution in [2.75, 3.05) is 6.54 Å². The van der Waals surface area contributed by atoms with E-state index in [1.807, 2.05) is 6.07 Å². The summed E-state index contributed by atoms with van der Waals surface area (Å²) in [5, 5.41) is 16.3. The lowest BCUT2D eigenvalue weighted by atomic mass is 9.71. The van der Waals surface area contributed by atoms with E-state index in [2.05, 4.69) is 10.6 Å². The summed E-state index contributed by atoms with van der Waals surface area (Å²) in [4.78, 5) is 51.5. The van der Waals surface area contributed by atoms with Crippen LogP contribution >= 0.6 is 0 Å². The maximum Gasteiger partial charge on any atom is 0.471 e. The molecule has 14 heteroatoms. The fraction of sp³-hybridized carbons (Fsp3) is 0.792. The molecule has 38 heavy (non-hydrogen) atoms. The number of hydrogen-bond acceptors (Lipinski definition) is 5. The first kappa shape index (κ1) is 29.6. The van der Waals surface area contributed by atoms with E-state index in [9.17, 15) is 46.4 Å². The van der Waals surface area contributed by atoms with Gasteiger partial charge in [0.2, 0.25) is 17.7 Å². The van der Waals surface area contributed by atoms with E-state index in [0.717, 1.165) is 4.90 Å². The Kier molecular flexibility index (Phi) is 8.88. The molecule has 2 bridgehead atoms. The van der Waals surface area contributed by atoms with Crippen LogP contribution < -0.4 is 16.0 Å². The summed E-state index contributed by atoms with van der Waals surface area (Å²) in [6, 6.07) is -3.93. The Hall–Kier alpha value is -2.98. The second kappa shape index (κ2) is 11.4. The SMILES string of the molecule is CC(C)CC(NC(=O)C(F)(F)F)C(=O)N1C2CCC(C1C(=O)NC(C#N)CC1CCCNC1=O)C(F)(F)C2. The maximum atomic E-state index is 14.9. The lowest BCUT2D eigenvalue weighted by Gasteiger charge is -2.54. The molecular formula is C24H32F5N5O4. The van der Waals surface area contributed by atoms with E-state index in [0.29, 0.717) is 19.4 Å². The highest BCUT2D eigenvalue weighted by atomic mass is 19.4. The number of carbonyl (C=O) groups is 4. The zero-order valence-electron chi connectivity index (χ0n) is 21.1. The van der Waals surface area contributed by atoms with Crippen LogP contribution in [-0.4, -0.2) is 71.3 Å². The molecule has 0 aromatic carbocycles. The normalized spacial score (nSPS) is 28.2. The Morgan fingerprint density at radius 3 is 2.42 bits per heavy atom. The number of alkyl halides is 5. The maximum absolute atomic E-state index is 14.9. The molecule has 0 aromatic heterocycles. The number of nitriles is 1. The molecule has 4 rings (SSSR count). The molecule has 3 saturated heterocycles. The summed E-state index contributed by atoms with van der Waals surface area (Å²) in [6.07, 6.45) is -5.15. The standard InChI is InChI=1S/C24H32F5N5O4/c1-12(2)8-17(33-22(38)24(27,28)29)21(37)34-15-5-6-16(23(25,26)10-15)18(34)20(36)32-14(11-30)9-13-4-3-7-31-19(13)35/h12-18H,3-10H2,1-2H3,(H,31,35)(H,32,36)(H,33,38). The number of halogens is 5. The molecule has 4 amide bonds. The van der Waals surface area contributed by atoms with Gasteiger partial charge in [0.15, 0.2) is 0 Å². The lowest BCUT2D eigenvalue weighted by Crippen LogP contribution is -2.71. The first-order chi connectivity index (χ1) is 17.7. The molecule has 0 radical (unpaired) electrons. The van der Waals surface area contributed by atoms with Crippen molar-refractivity contribution in [2.24, 2.45) is 17.8 Å². The van der Waals surface area contributed by atoms with Crippen molar-refractivity contribution in [1.82, 2.24) is 20.9 Å². The lowest BCUT2D eigenvalue weighted by molar-refractivity contribution is -0.196. The molecule has 9 nitrogen and oxygen atoms in total. The minimum Gasteiger partial charge on any atom is -0.356 e. The number of nitrogens with zero attached hydrogens (tertiary/aromatic N) is 2. The van der Waals surface area contributed by atoms with Crippen molar-refractivity contribution in [3.63, 3.8) is 0 Å². The summed E-state index contributed by atoms with van der Waals surface area (Å²) in [7, 11) is 0. The summed E-state index contributed by atoms with van der Waals surface area (Å²) >= 11 is 0. The molecule has 212 valence electrons. The van der Waals surface area contributed by atoms with Crippen molar-refractivity contribution in [1.29, 1.82) is 5.26 Å². The molecule has 4 aliphatic rings. The zero-order valence-corrected chi connectivity index (χ0v) is 21.1. The van der Waals surface area contributed by atoms with Crippen LogP contribution in [0.1, 0.15) is 58.8 Å². The predicted octanol–water partition coefficient (Wildman–Crippen LogP) is 2.02. The molecule has 6 atom stereocenters. The van der Waals surface area contributed by atoms with E-state index < -0.39 is 72.2 Å². The van der Waals surface area contributed by atoms with Gasteiger partial charge in [-0.25, -0.2) is 8.78 Å². The number of amides is 4. The average Bonchev–Trinajstić information content (AvgIpc) is 2.82. The Balaban J connectivity index is 1.87. The molecule has 3 N–H and O–H groups in total. The van der Waals surface area contributed by atoms with E-state index in [1.165, 1.54) is 0 Å². The average molecular weight is 550 g/mol. The van der Waals surface area contributed by atoms with Crippen molar-refractivity contribution in [3.8, 4) is 6.07 Å². The molecular weight excluding hydrogens is 517 g/mol. The summed E-state index contributed by atoms with van der Waals surface area (Å²) in [5.74, 6) is -10.6. The Morgan fingerprint density at radius 2 is 1.87 bits per heavy atom. The smallest absolute Gasteiger partial charge is 0.356 e. The number of nitrogens with one attached hydrogen (secondary N) is 3. The Bertz CT molecular complexity index is 982. The topological polar surface area (TPSA) is 131 Å². The number of hydrogen-bond donors (Lipinski definition) is 3. The first-order valence-corrected chi connectivity index (χ1v) is 12.7. The number of fused-ring (bicyclic) bond motifs is 3. The number of rotatable bonds is 8. The van der Waals surface area contributed by atoms with Gasteiger partial charge in [0.25, 0.3) is 5.92 Å². The van der Waals surface area contributed by atoms with Gasteiger partial charge in [-0.1, -0.05) is 13.8 Å². The van der Waals surface area contributed by atoms with Gasteiger partial charge in [0.1, 0.15) is 18.1 Å². The van der Waals surface area contributed by atoms with Gasteiger partial charge in [-0.15, -0.1) is 0 Å². The fourth-order valence-electron chi connectivity index (χ4n) is 5.68. The van der Waals surface area contributed by atoms with Gasteiger partial charge in [0.05, 0.1) is 12.0 Å². The van der Waals surface area contributed by atoms with Gasteiger partial charge in [-0.2, -0.15) is 18.4 Å². The molecule has 3 heterocycles. The van der Waals surface area contributed by atoms with Crippen molar-refractivity contribution >= 4 is 23.6 Å². The third-order valence-electron chi connectivity index (χ3n) is 7.42. The number of carbonyl (C=O) groups excluding carboxylic acids is 4. The highest BCUT2D eigenvalue weighted by Gasteiger charge is 2.61. The molecule has 1 saturated carbocycles. The summed E-state index contributed by atoms with van der Waals surface area (Å²) < 4.78 is 68.7. The minimum atomic E-state index is -5.27. The van der Waals surface area contributed by atoms with Gasteiger partial charge < -0.3 is 20.9 Å². The van der Waals surface area contributed by atoms with Crippen LogP contribution in [0.2, 0.25) is 0 Å². The summed E-state index contributed by atoms with van der Waals surface area (Å²) in [6.45, 7) is 3.71. The van der Waals surface area contributed by atoms with E-state index in [4.69, 9.17) is 0 Å². The van der Waals surface area contributed by atoms with Crippen LogP contribution in [0, 0.1) is 29.1 Å². The second-order valence-corrected chi connectivity index (χ2v) is 10.7. The molecule has 3 aliphatic heterocycles. The van der Waals surface area contributed by atoms with Gasteiger partial charge in [-0.05, 0) is 44.4 Å². The van der Waals surface area contributed by atoms with Crippen LogP contribution in [0.4, 0.5) is 22.0 Å². The van der Waals surface area contributed by atoms with Gasteiger partial charge in [0, 0.05) is 24.9 Å². The zero-order chi connectivity index (χ0) is 28.4. The van der Waals surface area contributed by atoms with Crippen LogP contribution in [-0.2, 0) is 19.2 Å². The van der Waals surface area contributed by atoms with E-state index in [-0.39, 0.29) is 37.5 Å². The van der Waals surface area contributed by atoms with Crippen LogP contribution in [0.5, 0.6) is 0 Å². The number of piperidine rings is 3. The molecule has 1 aliphatic carbocycles. The van der Waals surface area contributed by atoms with Crippen molar-refractivity contribution in [2.45, 2.75) is 95.1 Å². The third kappa shape index (κ3) is 6.53. The predicted molar refractivity (Wildman–Crippen MR) is 122 cm³/mol. The fourth-order valence-corrected chi connectivity index (χ4v) is 5.68. The van der Waals surface area contributed by atoms with Crippen molar-refractivity contribution < 1.29 is 41.1 Å². The van der Waals surface area contributed by atoms with Crippen LogP contribution in [0.15, 0.2) is 0 Å². The van der Waals surface area contributed by atoms with E-state index >= 15 is 0 Å². The molecule has 0 aromatic rings. The monoisotopic (exact) mass is 549 g/mol. The summed E-state index contributed by atoms with van der Waals surface area (Å²) in [5.41, 5.74) is 0. The van der Waals surface area contributed by atoms with Gasteiger partial charge >= 0.3 is 12.1 Å². The van der Waals surface area contributed by atoms with Crippen molar-refractivity contribution in [3.05, 3.63) is 0 Å². The third-order valence-corrected chi connectivity index (χ3v) is 7.42. The highest BCUT2D eigenvalue weighted by molar-refractivity contribution is 5.94. The quantitative estimate of drug-likeness (QED) is 0.399. The highest BCUT2D eigenvalue weighted by Crippen LogP contribution is 2.49. The minimum absolute atomic E-state index is 0.0587. The second-order valence-electron chi connectivity index (χ2n) is 10.7. The molecule has 0 spiro atoms. The van der Waals surface area contributed by atoms with Crippen LogP contribution in [0.25, 0.3) is 0 Å². The van der Waals surface area contributed by atoms with Gasteiger partial charge in [-0.3, -0.25) is 19.2 Å².